The van der Waals surface area contributed by atoms with Crippen molar-refractivity contribution in [2.24, 2.45) is 0 Å². The van der Waals surface area contributed by atoms with E-state index in [4.69, 9.17) is 9.84 Å². The molecule has 3 aromatic rings. The Labute approximate surface area is 170 Å². The molecule has 0 saturated carbocycles. The van der Waals surface area contributed by atoms with Crippen molar-refractivity contribution in [2.45, 2.75) is 17.7 Å². The van der Waals surface area contributed by atoms with Gasteiger partial charge in [-0.15, -0.1) is 0 Å². The van der Waals surface area contributed by atoms with Crippen molar-refractivity contribution in [3.05, 3.63) is 84.4 Å². The van der Waals surface area contributed by atoms with Crippen molar-refractivity contribution in [3.8, 4) is 16.9 Å². The van der Waals surface area contributed by atoms with Gasteiger partial charge in [-0.25, -0.2) is 13.2 Å². The van der Waals surface area contributed by atoms with Crippen molar-refractivity contribution in [1.29, 1.82) is 0 Å². The van der Waals surface area contributed by atoms with Gasteiger partial charge in [0.1, 0.15) is 5.75 Å². The molecule has 0 fully saturated rings. The summed E-state index contributed by atoms with van der Waals surface area (Å²) in [5.41, 5.74) is 3.00. The molecule has 0 aliphatic rings. The molecule has 0 heterocycles. The number of rotatable bonds is 9. The van der Waals surface area contributed by atoms with Crippen LogP contribution in [0, 0.1) is 0 Å². The summed E-state index contributed by atoms with van der Waals surface area (Å²) in [6.45, 7) is -0.388. The smallest absolute Gasteiger partial charge is 0.341 e. The number of carboxylic acids is 1. The van der Waals surface area contributed by atoms with Crippen molar-refractivity contribution < 1.29 is 23.1 Å². The molecule has 0 atom stereocenters. The number of carbonyl (C=O) groups is 1. The molecule has 0 radical (unpaired) electrons. The molecule has 0 aliphatic heterocycles. The van der Waals surface area contributed by atoms with E-state index in [9.17, 15) is 13.2 Å². The molecule has 1 N–H and O–H groups in total. The van der Waals surface area contributed by atoms with E-state index in [1.165, 1.54) is 0 Å². The number of hydrogen-bond acceptors (Lipinski definition) is 4. The summed E-state index contributed by atoms with van der Waals surface area (Å²) in [5.74, 6) is -0.493. The molecule has 6 heteroatoms. The Hall–Kier alpha value is -3.12. The molecule has 0 amide bonds. The third-order valence-electron chi connectivity index (χ3n) is 4.48. The average Bonchev–Trinajstić information content (AvgIpc) is 2.74. The second kappa shape index (κ2) is 9.39. The average molecular weight is 410 g/mol. The first-order valence-corrected chi connectivity index (χ1v) is 10.9. The first kappa shape index (κ1) is 20.6. The third kappa shape index (κ3) is 5.93. The fourth-order valence-corrected chi connectivity index (χ4v) is 4.28. The SMILES string of the molecule is O=C(O)COc1ccc(CCCS(=O)(=O)c2ccc(-c3ccccc3)cc2)cc1. The van der Waals surface area contributed by atoms with Crippen LogP contribution in [0.15, 0.2) is 83.8 Å². The van der Waals surface area contributed by atoms with Crippen molar-refractivity contribution in [1.82, 2.24) is 0 Å². The maximum absolute atomic E-state index is 12.6. The zero-order valence-corrected chi connectivity index (χ0v) is 16.6. The summed E-state index contributed by atoms with van der Waals surface area (Å²) in [6, 6.07) is 23.8. The third-order valence-corrected chi connectivity index (χ3v) is 6.30. The molecule has 0 spiro atoms. The van der Waals surface area contributed by atoms with Crippen LogP contribution in [0.3, 0.4) is 0 Å². The molecule has 5 nitrogen and oxygen atoms in total. The van der Waals surface area contributed by atoms with Crippen molar-refractivity contribution >= 4 is 15.8 Å². The Bertz CT molecular complexity index is 1040. The number of benzene rings is 3. The highest BCUT2D eigenvalue weighted by atomic mass is 32.2. The van der Waals surface area contributed by atoms with Gasteiger partial charge < -0.3 is 9.84 Å². The topological polar surface area (TPSA) is 80.7 Å². The second-order valence-electron chi connectivity index (χ2n) is 6.64. The van der Waals surface area contributed by atoms with Crippen LogP contribution in [-0.2, 0) is 21.1 Å². The zero-order chi connectivity index (χ0) is 20.7. The Morgan fingerprint density at radius 2 is 1.45 bits per heavy atom. The summed E-state index contributed by atoms with van der Waals surface area (Å²) in [6.07, 6.45) is 1.11. The van der Waals surface area contributed by atoms with E-state index in [2.05, 4.69) is 0 Å². The number of sulfone groups is 1. The molecule has 150 valence electrons. The van der Waals surface area contributed by atoms with E-state index in [1.807, 2.05) is 54.6 Å². The maximum Gasteiger partial charge on any atom is 0.341 e. The first-order valence-electron chi connectivity index (χ1n) is 9.26. The minimum absolute atomic E-state index is 0.0644. The van der Waals surface area contributed by atoms with Gasteiger partial charge in [-0.05, 0) is 53.8 Å². The van der Waals surface area contributed by atoms with Crippen LogP contribution in [0.5, 0.6) is 5.75 Å². The molecule has 0 saturated heterocycles. The lowest BCUT2D eigenvalue weighted by Gasteiger charge is -2.07. The predicted molar refractivity (Wildman–Crippen MR) is 112 cm³/mol. The summed E-state index contributed by atoms with van der Waals surface area (Å²) in [4.78, 5) is 10.8. The molecular weight excluding hydrogens is 388 g/mol. The number of ether oxygens (including phenoxy) is 1. The van der Waals surface area contributed by atoms with Gasteiger partial charge in [-0.2, -0.15) is 0 Å². The molecule has 3 rings (SSSR count). The van der Waals surface area contributed by atoms with Gasteiger partial charge in [0.2, 0.25) is 0 Å². The summed E-state index contributed by atoms with van der Waals surface area (Å²) < 4.78 is 30.3. The Kier molecular flexibility index (Phi) is 6.67. The van der Waals surface area contributed by atoms with Gasteiger partial charge in [0.25, 0.3) is 0 Å². The molecule has 0 unspecified atom stereocenters. The lowest BCUT2D eigenvalue weighted by Crippen LogP contribution is -2.09. The Morgan fingerprint density at radius 3 is 2.07 bits per heavy atom. The highest BCUT2D eigenvalue weighted by molar-refractivity contribution is 7.91. The molecule has 3 aromatic carbocycles. The standard InChI is InChI=1S/C23H22O5S/c24-23(25)17-28-21-12-8-18(9-13-21)5-4-16-29(26,27)22-14-10-20(11-15-22)19-6-2-1-3-7-19/h1-3,6-15H,4-5,16-17H2,(H,24,25). The number of aryl methyl sites for hydroxylation is 1. The van der Waals surface area contributed by atoms with Crippen LogP contribution in [0.2, 0.25) is 0 Å². The fraction of sp³-hybridized carbons (Fsp3) is 0.174. The van der Waals surface area contributed by atoms with Gasteiger partial charge in [0.05, 0.1) is 10.6 Å². The van der Waals surface area contributed by atoms with Crippen molar-refractivity contribution in [2.75, 3.05) is 12.4 Å². The summed E-state index contributed by atoms with van der Waals surface area (Å²) >= 11 is 0. The lowest BCUT2D eigenvalue weighted by atomic mass is 10.1. The van der Waals surface area contributed by atoms with E-state index in [1.54, 1.807) is 24.3 Å². The summed E-state index contributed by atoms with van der Waals surface area (Å²) in [7, 11) is -3.35. The molecular formula is C23H22O5S. The van der Waals surface area contributed by atoms with Gasteiger partial charge in [0, 0.05) is 0 Å². The van der Waals surface area contributed by atoms with E-state index < -0.39 is 15.8 Å². The zero-order valence-electron chi connectivity index (χ0n) is 15.8. The van der Waals surface area contributed by atoms with Crippen LogP contribution in [0.1, 0.15) is 12.0 Å². The largest absolute Gasteiger partial charge is 0.482 e. The van der Waals surface area contributed by atoms with E-state index >= 15 is 0 Å². The lowest BCUT2D eigenvalue weighted by molar-refractivity contribution is -0.139. The van der Waals surface area contributed by atoms with Crippen LogP contribution < -0.4 is 4.74 Å². The predicted octanol–water partition coefficient (Wildman–Crippen LogP) is 4.22. The number of aliphatic carboxylic acids is 1. The highest BCUT2D eigenvalue weighted by Gasteiger charge is 2.14. The highest BCUT2D eigenvalue weighted by Crippen LogP contribution is 2.22. The number of hydrogen-bond donors (Lipinski definition) is 1. The van der Waals surface area contributed by atoms with E-state index in [0.717, 1.165) is 16.7 Å². The Morgan fingerprint density at radius 1 is 0.828 bits per heavy atom. The quantitative estimate of drug-likeness (QED) is 0.571. The van der Waals surface area contributed by atoms with Gasteiger partial charge >= 0.3 is 5.97 Å². The second-order valence-corrected chi connectivity index (χ2v) is 8.75. The minimum atomic E-state index is -3.35. The monoisotopic (exact) mass is 410 g/mol. The molecule has 0 aromatic heterocycles. The molecule has 0 aliphatic carbocycles. The molecule has 29 heavy (non-hydrogen) atoms. The van der Waals surface area contributed by atoms with Crippen LogP contribution in [0.25, 0.3) is 11.1 Å². The summed E-state index contributed by atoms with van der Waals surface area (Å²) in [5, 5.41) is 8.61. The fourth-order valence-electron chi connectivity index (χ4n) is 2.97. The van der Waals surface area contributed by atoms with Crippen LogP contribution in [-0.4, -0.2) is 31.9 Å². The Balaban J connectivity index is 1.55. The first-order chi connectivity index (χ1) is 13.9. The van der Waals surface area contributed by atoms with E-state index in [-0.39, 0.29) is 12.4 Å². The molecule has 0 bridgehead atoms. The normalized spacial score (nSPS) is 11.2. The van der Waals surface area contributed by atoms with Gasteiger partial charge in [0.15, 0.2) is 16.4 Å². The number of carboxylic acid groups (broad SMARTS) is 1. The minimum Gasteiger partial charge on any atom is -0.482 e. The van der Waals surface area contributed by atoms with Crippen molar-refractivity contribution in [3.63, 3.8) is 0 Å². The maximum atomic E-state index is 12.6. The van der Waals surface area contributed by atoms with E-state index in [0.29, 0.717) is 23.5 Å². The van der Waals surface area contributed by atoms with Gasteiger partial charge in [-0.1, -0.05) is 54.6 Å². The van der Waals surface area contributed by atoms with Crippen LogP contribution in [0.4, 0.5) is 0 Å². The van der Waals surface area contributed by atoms with Crippen LogP contribution >= 0.6 is 0 Å². The van der Waals surface area contributed by atoms with Gasteiger partial charge in [-0.3, -0.25) is 0 Å².